The summed E-state index contributed by atoms with van der Waals surface area (Å²) >= 11 is 0. The van der Waals surface area contributed by atoms with E-state index >= 15 is 0 Å². The highest BCUT2D eigenvalue weighted by Gasteiger charge is 2.32. The molecule has 0 fully saturated rings. The Bertz CT molecular complexity index is 287. The second-order valence-electron chi connectivity index (χ2n) is 2.81. The van der Waals surface area contributed by atoms with E-state index in [1.165, 1.54) is 6.92 Å². The Hall–Kier alpha value is -1.49. The van der Waals surface area contributed by atoms with Gasteiger partial charge >= 0.3 is 26.6 Å². The van der Waals surface area contributed by atoms with E-state index < -0.39 is 44.9 Å². The van der Waals surface area contributed by atoms with E-state index in [4.69, 9.17) is 10.2 Å². The molecule has 0 heterocycles. The second kappa shape index (κ2) is 6.08. The molecule has 2 N–H and O–H groups in total. The van der Waals surface area contributed by atoms with Gasteiger partial charge in [0, 0.05) is 0 Å². The standard InChI is InChI=1S/C7H9O7P/c1-3(6(9)10)4(7(11)12)2-5(8)14-15-13/h3-4H,2H2,1H3,(H,9,10)(H,11,12). The molecular weight excluding hydrogens is 227 g/mol. The molecule has 15 heavy (non-hydrogen) atoms. The topological polar surface area (TPSA) is 118 Å². The van der Waals surface area contributed by atoms with Crippen LogP contribution in [0.15, 0.2) is 0 Å². The molecule has 0 aliphatic rings. The quantitative estimate of drug-likeness (QED) is 0.646. The Morgan fingerprint density at radius 2 is 1.80 bits per heavy atom. The van der Waals surface area contributed by atoms with Gasteiger partial charge in [0.25, 0.3) is 0 Å². The van der Waals surface area contributed by atoms with Crippen molar-refractivity contribution >= 4 is 26.6 Å². The summed E-state index contributed by atoms with van der Waals surface area (Å²) < 4.78 is 13.8. The van der Waals surface area contributed by atoms with E-state index in [2.05, 4.69) is 4.52 Å². The highest BCUT2D eigenvalue weighted by Crippen LogP contribution is 2.18. The van der Waals surface area contributed by atoms with Crippen molar-refractivity contribution < 1.29 is 33.7 Å². The third-order valence-corrected chi connectivity index (χ3v) is 2.11. The molecule has 0 saturated carbocycles. The summed E-state index contributed by atoms with van der Waals surface area (Å²) in [5.74, 6) is -6.37. The summed E-state index contributed by atoms with van der Waals surface area (Å²) in [5.41, 5.74) is 0. The van der Waals surface area contributed by atoms with Crippen molar-refractivity contribution in [2.45, 2.75) is 13.3 Å². The average Bonchev–Trinajstić information content (AvgIpc) is 2.13. The summed E-state index contributed by atoms with van der Waals surface area (Å²) in [6, 6.07) is 0. The molecule has 0 aliphatic carbocycles. The Morgan fingerprint density at radius 1 is 1.27 bits per heavy atom. The first-order valence-corrected chi connectivity index (χ1v) is 4.61. The first kappa shape index (κ1) is 13.5. The monoisotopic (exact) mass is 236 g/mol. The molecule has 84 valence electrons. The fourth-order valence-electron chi connectivity index (χ4n) is 0.908. The molecular formula is C7H9O7P. The molecule has 2 unspecified atom stereocenters. The van der Waals surface area contributed by atoms with Crippen molar-refractivity contribution in [1.82, 2.24) is 0 Å². The minimum Gasteiger partial charge on any atom is -0.481 e. The van der Waals surface area contributed by atoms with Crippen molar-refractivity contribution in [3.63, 3.8) is 0 Å². The number of hydrogen-bond donors (Lipinski definition) is 2. The van der Waals surface area contributed by atoms with Crippen LogP contribution in [0.1, 0.15) is 13.3 Å². The summed E-state index contributed by atoms with van der Waals surface area (Å²) in [7, 11) is -0.888. The fraction of sp³-hybridized carbons (Fsp3) is 0.571. The zero-order valence-corrected chi connectivity index (χ0v) is 8.64. The first-order valence-electron chi connectivity index (χ1n) is 3.88. The van der Waals surface area contributed by atoms with Gasteiger partial charge in [0.15, 0.2) is 0 Å². The molecule has 0 aromatic rings. The summed E-state index contributed by atoms with van der Waals surface area (Å²) in [6.45, 7) is 1.17. The third kappa shape index (κ3) is 4.51. The van der Waals surface area contributed by atoms with Gasteiger partial charge in [-0.05, 0) is 0 Å². The summed E-state index contributed by atoms with van der Waals surface area (Å²) in [6.07, 6.45) is -0.627. The zero-order valence-electron chi connectivity index (χ0n) is 7.74. The minimum absolute atomic E-state index is 0.627. The maximum absolute atomic E-state index is 10.8. The van der Waals surface area contributed by atoms with Crippen LogP contribution in [0.5, 0.6) is 0 Å². The molecule has 0 aromatic carbocycles. The minimum atomic E-state index is -1.41. The number of rotatable bonds is 6. The lowest BCUT2D eigenvalue weighted by atomic mass is 9.91. The molecule has 0 aromatic heterocycles. The van der Waals surface area contributed by atoms with Crippen LogP contribution in [0.2, 0.25) is 0 Å². The number of carboxylic acids is 2. The zero-order chi connectivity index (χ0) is 12.0. The number of carbonyl (C=O) groups excluding carboxylic acids is 1. The predicted molar refractivity (Wildman–Crippen MR) is 46.2 cm³/mol. The van der Waals surface area contributed by atoms with Gasteiger partial charge in [-0.1, -0.05) is 6.92 Å². The van der Waals surface area contributed by atoms with Gasteiger partial charge in [0.05, 0.1) is 18.3 Å². The van der Waals surface area contributed by atoms with Gasteiger partial charge < -0.3 is 14.7 Å². The van der Waals surface area contributed by atoms with Gasteiger partial charge in [0.2, 0.25) is 0 Å². The van der Waals surface area contributed by atoms with Gasteiger partial charge in [-0.15, -0.1) is 0 Å². The molecule has 8 heteroatoms. The van der Waals surface area contributed by atoms with Crippen LogP contribution in [0.4, 0.5) is 0 Å². The smallest absolute Gasteiger partial charge is 0.398 e. The number of carboxylic acid groups (broad SMARTS) is 2. The molecule has 0 aliphatic heterocycles. The summed E-state index contributed by atoms with van der Waals surface area (Å²) in [5, 5.41) is 17.2. The number of hydrogen-bond acceptors (Lipinski definition) is 5. The van der Waals surface area contributed by atoms with E-state index in [1.807, 2.05) is 0 Å². The van der Waals surface area contributed by atoms with E-state index in [9.17, 15) is 18.9 Å². The Kier molecular flexibility index (Phi) is 5.48. The van der Waals surface area contributed by atoms with Crippen molar-refractivity contribution in [1.29, 1.82) is 0 Å². The largest absolute Gasteiger partial charge is 0.481 e. The SMILES string of the molecule is CC(C(=O)O)C(CC(=O)OP=O)C(=O)O. The van der Waals surface area contributed by atoms with E-state index in [0.29, 0.717) is 0 Å². The molecule has 0 radical (unpaired) electrons. The molecule has 0 saturated heterocycles. The maximum atomic E-state index is 10.8. The molecule has 0 spiro atoms. The number of aliphatic carboxylic acids is 2. The molecule has 7 nitrogen and oxygen atoms in total. The van der Waals surface area contributed by atoms with Crippen molar-refractivity contribution in [3.8, 4) is 0 Å². The Balaban J connectivity index is 4.54. The Labute approximate surface area is 86.3 Å². The lowest BCUT2D eigenvalue weighted by Crippen LogP contribution is -2.29. The Morgan fingerprint density at radius 3 is 2.13 bits per heavy atom. The van der Waals surface area contributed by atoms with Crippen molar-refractivity contribution in [2.75, 3.05) is 0 Å². The molecule has 2 atom stereocenters. The van der Waals surface area contributed by atoms with Gasteiger partial charge in [-0.3, -0.25) is 14.4 Å². The lowest BCUT2D eigenvalue weighted by molar-refractivity contribution is -0.155. The van der Waals surface area contributed by atoms with Crippen molar-refractivity contribution in [2.24, 2.45) is 11.8 Å². The molecule has 0 rings (SSSR count). The van der Waals surface area contributed by atoms with Crippen LogP contribution in [0.3, 0.4) is 0 Å². The number of carbonyl (C=O) groups is 3. The fourth-order valence-corrected chi connectivity index (χ4v) is 1.07. The average molecular weight is 236 g/mol. The normalized spacial score (nSPS) is 14.2. The van der Waals surface area contributed by atoms with Crippen LogP contribution in [-0.4, -0.2) is 28.1 Å². The van der Waals surface area contributed by atoms with Crippen LogP contribution < -0.4 is 0 Å². The predicted octanol–water partition coefficient (Wildman–Crippen LogP) is 0.548. The van der Waals surface area contributed by atoms with E-state index in [1.54, 1.807) is 0 Å². The van der Waals surface area contributed by atoms with Crippen molar-refractivity contribution in [3.05, 3.63) is 0 Å². The van der Waals surface area contributed by atoms with Gasteiger partial charge in [-0.25, -0.2) is 4.57 Å². The van der Waals surface area contributed by atoms with Gasteiger partial charge in [0.1, 0.15) is 0 Å². The summed E-state index contributed by atoms with van der Waals surface area (Å²) in [4.78, 5) is 31.9. The maximum Gasteiger partial charge on any atom is 0.398 e. The first-order chi connectivity index (χ1) is 6.90. The van der Waals surface area contributed by atoms with Crippen LogP contribution >= 0.6 is 8.69 Å². The van der Waals surface area contributed by atoms with Crippen LogP contribution in [-0.2, 0) is 23.5 Å². The molecule has 0 amide bonds. The molecule has 0 bridgehead atoms. The van der Waals surface area contributed by atoms with E-state index in [-0.39, 0.29) is 0 Å². The highest BCUT2D eigenvalue weighted by atomic mass is 31.1. The lowest BCUT2D eigenvalue weighted by Gasteiger charge is -2.14. The van der Waals surface area contributed by atoms with Gasteiger partial charge in [-0.2, -0.15) is 0 Å². The van der Waals surface area contributed by atoms with Crippen LogP contribution in [0, 0.1) is 11.8 Å². The third-order valence-electron chi connectivity index (χ3n) is 1.84. The highest BCUT2D eigenvalue weighted by molar-refractivity contribution is 7.18. The van der Waals surface area contributed by atoms with E-state index in [0.717, 1.165) is 0 Å². The van der Waals surface area contributed by atoms with Crippen LogP contribution in [0.25, 0.3) is 0 Å². The second-order valence-corrected chi connectivity index (χ2v) is 3.15.